The van der Waals surface area contributed by atoms with Gasteiger partial charge in [0.15, 0.2) is 0 Å². The van der Waals surface area contributed by atoms with Crippen LogP contribution in [-0.2, 0) is 26.2 Å². The van der Waals surface area contributed by atoms with Gasteiger partial charge >= 0.3 is 0 Å². The number of hydrogen-bond donors (Lipinski definition) is 1. The van der Waals surface area contributed by atoms with E-state index in [9.17, 15) is 18.0 Å². The Kier molecular flexibility index (Phi) is 10.6. The molecule has 1 N–H and O–H groups in total. The molecule has 0 saturated heterocycles. The van der Waals surface area contributed by atoms with E-state index in [1.165, 1.54) is 17.0 Å². The average Bonchev–Trinajstić information content (AvgIpc) is 2.91. The predicted molar refractivity (Wildman–Crippen MR) is 158 cm³/mol. The van der Waals surface area contributed by atoms with Crippen LogP contribution in [0.3, 0.4) is 0 Å². The van der Waals surface area contributed by atoms with Gasteiger partial charge in [-0.3, -0.25) is 13.9 Å². The lowest BCUT2D eigenvalue weighted by Crippen LogP contribution is -2.52. The standard InChI is InChI=1S/C30H36ClN3O5S/c1-6-39-28-14-10-9-13-27(28)34(40(37,38)25-17-15-22(4)16-18-25)20-29(35)33(23(5)30(36)32-21(2)3)19-24-11-7-8-12-26(24)31/h7-18,21,23H,6,19-20H2,1-5H3,(H,32,36). The lowest BCUT2D eigenvalue weighted by atomic mass is 10.1. The number of halogens is 1. The van der Waals surface area contributed by atoms with Crippen molar-refractivity contribution in [2.45, 2.75) is 58.1 Å². The van der Waals surface area contributed by atoms with E-state index < -0.39 is 28.5 Å². The second-order valence-electron chi connectivity index (χ2n) is 9.68. The second kappa shape index (κ2) is 13.7. The van der Waals surface area contributed by atoms with Crippen LogP contribution in [0.4, 0.5) is 5.69 Å². The Balaban J connectivity index is 2.09. The fraction of sp³-hybridized carbons (Fsp3) is 0.333. The van der Waals surface area contributed by atoms with Crippen LogP contribution in [-0.4, -0.2) is 50.4 Å². The summed E-state index contributed by atoms with van der Waals surface area (Å²) in [5.41, 5.74) is 1.74. The molecule has 2 amide bonds. The van der Waals surface area contributed by atoms with Crippen LogP contribution < -0.4 is 14.4 Å². The minimum Gasteiger partial charge on any atom is -0.492 e. The molecular formula is C30H36ClN3O5S. The molecule has 0 heterocycles. The minimum atomic E-state index is -4.21. The van der Waals surface area contributed by atoms with Crippen molar-refractivity contribution in [3.05, 3.63) is 88.9 Å². The van der Waals surface area contributed by atoms with Crippen LogP contribution in [0.2, 0.25) is 5.02 Å². The van der Waals surface area contributed by atoms with Crippen molar-refractivity contribution < 1.29 is 22.7 Å². The summed E-state index contributed by atoms with van der Waals surface area (Å²) >= 11 is 6.40. The first-order valence-corrected chi connectivity index (χ1v) is 14.9. The highest BCUT2D eigenvalue weighted by molar-refractivity contribution is 7.92. The highest BCUT2D eigenvalue weighted by atomic mass is 35.5. The molecule has 0 aromatic heterocycles. The number of para-hydroxylation sites is 2. The summed E-state index contributed by atoms with van der Waals surface area (Å²) in [5, 5.41) is 3.27. The van der Waals surface area contributed by atoms with Gasteiger partial charge in [0, 0.05) is 17.6 Å². The van der Waals surface area contributed by atoms with Gasteiger partial charge in [-0.25, -0.2) is 8.42 Å². The molecule has 0 spiro atoms. The number of aryl methyl sites for hydroxylation is 1. The molecule has 3 aromatic carbocycles. The van der Waals surface area contributed by atoms with Gasteiger partial charge < -0.3 is 15.0 Å². The Bertz CT molecular complexity index is 1430. The van der Waals surface area contributed by atoms with E-state index in [2.05, 4.69) is 5.32 Å². The lowest BCUT2D eigenvalue weighted by Gasteiger charge is -2.33. The predicted octanol–water partition coefficient (Wildman–Crippen LogP) is 5.18. The Morgan fingerprint density at radius 3 is 2.20 bits per heavy atom. The summed E-state index contributed by atoms with van der Waals surface area (Å²) in [6, 6.07) is 19.0. The average molecular weight is 586 g/mol. The molecule has 0 aliphatic rings. The molecule has 0 radical (unpaired) electrons. The third-order valence-electron chi connectivity index (χ3n) is 6.22. The van der Waals surface area contributed by atoms with Gasteiger partial charge in [0.1, 0.15) is 18.3 Å². The van der Waals surface area contributed by atoms with Gasteiger partial charge in [-0.15, -0.1) is 0 Å². The fourth-order valence-electron chi connectivity index (χ4n) is 4.09. The third-order valence-corrected chi connectivity index (χ3v) is 8.36. The largest absolute Gasteiger partial charge is 0.492 e. The zero-order valence-corrected chi connectivity index (χ0v) is 25.0. The summed E-state index contributed by atoms with van der Waals surface area (Å²) in [4.78, 5) is 28.4. The van der Waals surface area contributed by atoms with E-state index in [1.54, 1.807) is 74.5 Å². The monoisotopic (exact) mass is 585 g/mol. The second-order valence-corrected chi connectivity index (χ2v) is 11.9. The van der Waals surface area contributed by atoms with Crippen molar-refractivity contribution in [3.8, 4) is 5.75 Å². The van der Waals surface area contributed by atoms with Gasteiger partial charge in [-0.2, -0.15) is 0 Å². The van der Waals surface area contributed by atoms with Crippen molar-refractivity contribution in [2.24, 2.45) is 0 Å². The number of carbonyl (C=O) groups is 2. The van der Waals surface area contributed by atoms with E-state index >= 15 is 0 Å². The van der Waals surface area contributed by atoms with E-state index in [-0.39, 0.29) is 29.1 Å². The van der Waals surface area contributed by atoms with Crippen LogP contribution >= 0.6 is 11.6 Å². The minimum absolute atomic E-state index is 0.0106. The first-order valence-electron chi connectivity index (χ1n) is 13.1. The lowest BCUT2D eigenvalue weighted by molar-refractivity contribution is -0.139. The molecule has 0 aliphatic heterocycles. The maximum atomic E-state index is 14.0. The van der Waals surface area contributed by atoms with Gasteiger partial charge in [0.2, 0.25) is 11.8 Å². The number of benzene rings is 3. The molecule has 0 aliphatic carbocycles. The van der Waals surface area contributed by atoms with Gasteiger partial charge in [-0.05, 0) is 70.5 Å². The number of sulfonamides is 1. The van der Waals surface area contributed by atoms with Crippen molar-refractivity contribution in [1.29, 1.82) is 0 Å². The first-order chi connectivity index (χ1) is 18.9. The molecule has 10 heteroatoms. The van der Waals surface area contributed by atoms with Crippen LogP contribution in [0.25, 0.3) is 0 Å². The summed E-state index contributed by atoms with van der Waals surface area (Å²) in [5.74, 6) is -0.622. The fourth-order valence-corrected chi connectivity index (χ4v) is 5.71. The molecule has 3 aromatic rings. The quantitative estimate of drug-likeness (QED) is 0.316. The molecule has 8 nitrogen and oxygen atoms in total. The molecule has 40 heavy (non-hydrogen) atoms. The number of nitrogens with one attached hydrogen (secondary N) is 1. The molecule has 214 valence electrons. The van der Waals surface area contributed by atoms with Crippen LogP contribution in [0.15, 0.2) is 77.7 Å². The molecule has 1 atom stereocenters. The molecule has 0 bridgehead atoms. The van der Waals surface area contributed by atoms with Crippen molar-refractivity contribution in [2.75, 3.05) is 17.5 Å². The van der Waals surface area contributed by atoms with Gasteiger partial charge in [0.25, 0.3) is 10.0 Å². The molecule has 1 unspecified atom stereocenters. The Hall–Kier alpha value is -3.56. The number of ether oxygens (including phenoxy) is 1. The van der Waals surface area contributed by atoms with Crippen LogP contribution in [0, 0.1) is 6.92 Å². The van der Waals surface area contributed by atoms with Crippen molar-refractivity contribution in [3.63, 3.8) is 0 Å². The number of carbonyl (C=O) groups excluding carboxylic acids is 2. The smallest absolute Gasteiger partial charge is 0.264 e. The number of amides is 2. The van der Waals surface area contributed by atoms with E-state index in [4.69, 9.17) is 16.3 Å². The number of nitrogens with zero attached hydrogens (tertiary/aromatic N) is 2. The number of anilines is 1. The summed E-state index contributed by atoms with van der Waals surface area (Å²) in [7, 11) is -4.21. The molecule has 3 rings (SSSR count). The van der Waals surface area contributed by atoms with Crippen molar-refractivity contribution in [1.82, 2.24) is 10.2 Å². The highest BCUT2D eigenvalue weighted by Gasteiger charge is 2.34. The highest BCUT2D eigenvalue weighted by Crippen LogP contribution is 2.33. The van der Waals surface area contributed by atoms with Gasteiger partial charge in [-0.1, -0.05) is 59.6 Å². The molecule has 0 fully saturated rings. The van der Waals surface area contributed by atoms with E-state index in [0.717, 1.165) is 9.87 Å². The summed E-state index contributed by atoms with van der Waals surface area (Å²) in [6.07, 6.45) is 0. The number of hydrogen-bond acceptors (Lipinski definition) is 5. The van der Waals surface area contributed by atoms with Crippen LogP contribution in [0.5, 0.6) is 5.75 Å². The topological polar surface area (TPSA) is 96.0 Å². The SMILES string of the molecule is CCOc1ccccc1N(CC(=O)N(Cc1ccccc1Cl)C(C)C(=O)NC(C)C)S(=O)(=O)c1ccc(C)cc1. The Morgan fingerprint density at radius 2 is 1.57 bits per heavy atom. The Morgan fingerprint density at radius 1 is 0.950 bits per heavy atom. The van der Waals surface area contributed by atoms with E-state index in [1.807, 2.05) is 20.8 Å². The molecule has 0 saturated carbocycles. The summed E-state index contributed by atoms with van der Waals surface area (Å²) in [6.45, 7) is 8.66. The Labute approximate surface area is 241 Å². The zero-order chi connectivity index (χ0) is 29.4. The number of rotatable bonds is 12. The summed E-state index contributed by atoms with van der Waals surface area (Å²) < 4.78 is 34.8. The third kappa shape index (κ3) is 7.55. The van der Waals surface area contributed by atoms with E-state index in [0.29, 0.717) is 22.9 Å². The van der Waals surface area contributed by atoms with Crippen LogP contribution in [0.1, 0.15) is 38.8 Å². The van der Waals surface area contributed by atoms with Gasteiger partial charge in [0.05, 0.1) is 17.2 Å². The maximum absolute atomic E-state index is 14.0. The normalized spacial score (nSPS) is 12.1. The zero-order valence-electron chi connectivity index (χ0n) is 23.4. The van der Waals surface area contributed by atoms with Crippen molar-refractivity contribution >= 4 is 39.1 Å². The molecular weight excluding hydrogens is 550 g/mol. The maximum Gasteiger partial charge on any atom is 0.264 e. The first kappa shape index (κ1) is 31.0.